The van der Waals surface area contributed by atoms with Crippen LogP contribution in [0.25, 0.3) is 0 Å². The molecule has 2 aliphatic heterocycles. The molecular weight excluding hydrogens is 491 g/mol. The summed E-state index contributed by atoms with van der Waals surface area (Å²) in [6, 6.07) is 0.412. The number of rotatable bonds is 6. The highest BCUT2D eigenvalue weighted by Crippen LogP contribution is 2.23. The summed E-state index contributed by atoms with van der Waals surface area (Å²) in [7, 11) is -6.19. The molecule has 3 aliphatic rings. The number of hydrogen-bond donors (Lipinski definition) is 2. The second-order valence-corrected chi connectivity index (χ2v) is 11.5. The summed E-state index contributed by atoms with van der Waals surface area (Å²) in [6.45, 7) is 3.74. The SMILES string of the molecule is CCNS(=O)(=O)C1CCN(C(=NCC2CCS(=O)(=O)C2)NC2CC2)C1.I. The summed E-state index contributed by atoms with van der Waals surface area (Å²) < 4.78 is 50.2. The number of aliphatic imine (C=N–C) groups is 1. The van der Waals surface area contributed by atoms with E-state index in [0.29, 0.717) is 45.1 Å². The van der Waals surface area contributed by atoms with Crippen LogP contribution in [-0.4, -0.2) is 76.7 Å². The lowest BCUT2D eigenvalue weighted by Crippen LogP contribution is -2.43. The van der Waals surface area contributed by atoms with Gasteiger partial charge >= 0.3 is 0 Å². The highest BCUT2D eigenvalue weighted by Gasteiger charge is 2.36. The van der Waals surface area contributed by atoms with Crippen LogP contribution in [0.4, 0.5) is 0 Å². The number of sulfone groups is 1. The van der Waals surface area contributed by atoms with Crippen molar-refractivity contribution in [1.82, 2.24) is 14.9 Å². The highest BCUT2D eigenvalue weighted by molar-refractivity contribution is 14.0. The van der Waals surface area contributed by atoms with E-state index in [1.54, 1.807) is 6.92 Å². The van der Waals surface area contributed by atoms with Crippen LogP contribution in [0.2, 0.25) is 0 Å². The first-order valence-corrected chi connectivity index (χ1v) is 12.4. The number of halogens is 1. The van der Waals surface area contributed by atoms with E-state index < -0.39 is 25.1 Å². The number of hydrogen-bond acceptors (Lipinski definition) is 5. The molecule has 0 spiro atoms. The summed E-state index contributed by atoms with van der Waals surface area (Å²) in [6.07, 6.45) is 3.45. The smallest absolute Gasteiger partial charge is 0.216 e. The number of guanidine groups is 1. The predicted octanol–water partition coefficient (Wildman–Crippen LogP) is 0.161. The molecule has 3 rings (SSSR count). The molecule has 3 fully saturated rings. The van der Waals surface area contributed by atoms with E-state index in [9.17, 15) is 16.8 Å². The van der Waals surface area contributed by atoms with Gasteiger partial charge in [0.05, 0.1) is 16.8 Å². The summed E-state index contributed by atoms with van der Waals surface area (Å²) in [5, 5.41) is 2.97. The van der Waals surface area contributed by atoms with Crippen molar-refractivity contribution in [2.24, 2.45) is 10.9 Å². The molecule has 26 heavy (non-hydrogen) atoms. The predicted molar refractivity (Wildman–Crippen MR) is 113 cm³/mol. The number of nitrogens with zero attached hydrogens (tertiary/aromatic N) is 2. The minimum Gasteiger partial charge on any atom is -0.354 e. The van der Waals surface area contributed by atoms with Gasteiger partial charge in [-0.2, -0.15) is 0 Å². The van der Waals surface area contributed by atoms with Crippen LogP contribution in [0.1, 0.15) is 32.6 Å². The molecule has 2 unspecified atom stereocenters. The summed E-state index contributed by atoms with van der Waals surface area (Å²) in [4.78, 5) is 6.65. The maximum absolute atomic E-state index is 12.2. The second kappa shape index (κ2) is 8.91. The Labute approximate surface area is 173 Å². The van der Waals surface area contributed by atoms with E-state index in [1.165, 1.54) is 0 Å². The first-order chi connectivity index (χ1) is 11.8. The maximum atomic E-state index is 12.2. The van der Waals surface area contributed by atoms with Crippen molar-refractivity contribution < 1.29 is 16.8 Å². The molecule has 0 aromatic heterocycles. The lowest BCUT2D eigenvalue weighted by molar-refractivity contribution is 0.482. The van der Waals surface area contributed by atoms with Gasteiger partial charge in [-0.3, -0.25) is 4.99 Å². The Bertz CT molecular complexity index is 722. The van der Waals surface area contributed by atoms with Crippen LogP contribution in [-0.2, 0) is 19.9 Å². The molecule has 0 radical (unpaired) electrons. The molecular formula is C15H29IN4O4S2. The minimum atomic E-state index is -3.29. The van der Waals surface area contributed by atoms with Gasteiger partial charge in [-0.05, 0) is 31.6 Å². The number of likely N-dealkylation sites (tertiary alicyclic amines) is 1. The third-order valence-corrected chi connectivity index (χ3v) is 8.76. The van der Waals surface area contributed by atoms with Crippen LogP contribution in [0.15, 0.2) is 4.99 Å². The fraction of sp³-hybridized carbons (Fsp3) is 0.933. The van der Waals surface area contributed by atoms with Crippen molar-refractivity contribution >= 4 is 49.8 Å². The zero-order chi connectivity index (χ0) is 18.1. The Hall–Kier alpha value is -0.140. The lowest BCUT2D eigenvalue weighted by atomic mass is 10.1. The Morgan fingerprint density at radius 2 is 1.96 bits per heavy atom. The minimum absolute atomic E-state index is 0. The summed E-state index contributed by atoms with van der Waals surface area (Å²) >= 11 is 0. The van der Waals surface area contributed by atoms with Gasteiger partial charge in [0.1, 0.15) is 0 Å². The fourth-order valence-electron chi connectivity index (χ4n) is 3.37. The normalized spacial score (nSPS) is 28.8. The summed E-state index contributed by atoms with van der Waals surface area (Å²) in [5.74, 6) is 1.28. The third-order valence-electron chi connectivity index (χ3n) is 4.97. The van der Waals surface area contributed by atoms with Crippen LogP contribution in [0, 0.1) is 5.92 Å². The molecule has 2 heterocycles. The molecule has 11 heteroatoms. The average Bonchev–Trinajstić information content (AvgIpc) is 3.07. The van der Waals surface area contributed by atoms with E-state index >= 15 is 0 Å². The van der Waals surface area contributed by atoms with Gasteiger partial charge < -0.3 is 10.2 Å². The third kappa shape index (κ3) is 5.93. The quantitative estimate of drug-likeness (QED) is 0.294. The van der Waals surface area contributed by atoms with Gasteiger partial charge in [0, 0.05) is 32.2 Å². The molecule has 8 nitrogen and oxygen atoms in total. The van der Waals surface area contributed by atoms with E-state index in [4.69, 9.17) is 0 Å². The largest absolute Gasteiger partial charge is 0.354 e. The Kier molecular flexibility index (Phi) is 7.59. The maximum Gasteiger partial charge on any atom is 0.216 e. The van der Waals surface area contributed by atoms with Crippen molar-refractivity contribution in [3.8, 4) is 0 Å². The van der Waals surface area contributed by atoms with Crippen molar-refractivity contribution in [3.05, 3.63) is 0 Å². The average molecular weight is 520 g/mol. The molecule has 1 saturated carbocycles. The topological polar surface area (TPSA) is 108 Å². The molecule has 2 N–H and O–H groups in total. The number of nitrogens with one attached hydrogen (secondary N) is 2. The summed E-state index contributed by atoms with van der Waals surface area (Å²) in [5.41, 5.74) is 0. The second-order valence-electron chi connectivity index (χ2n) is 7.25. The van der Waals surface area contributed by atoms with Crippen molar-refractivity contribution in [3.63, 3.8) is 0 Å². The Morgan fingerprint density at radius 1 is 1.23 bits per heavy atom. The zero-order valence-corrected chi connectivity index (χ0v) is 19.0. The Morgan fingerprint density at radius 3 is 2.54 bits per heavy atom. The van der Waals surface area contributed by atoms with Gasteiger partial charge in [-0.25, -0.2) is 21.6 Å². The molecule has 0 bridgehead atoms. The molecule has 0 aromatic rings. The van der Waals surface area contributed by atoms with E-state index in [1.807, 2.05) is 4.90 Å². The molecule has 0 aromatic carbocycles. The molecule has 152 valence electrons. The van der Waals surface area contributed by atoms with E-state index in [2.05, 4.69) is 15.0 Å². The fourth-order valence-corrected chi connectivity index (χ4v) is 6.65. The van der Waals surface area contributed by atoms with Gasteiger partial charge in [-0.1, -0.05) is 6.92 Å². The monoisotopic (exact) mass is 520 g/mol. The van der Waals surface area contributed by atoms with Gasteiger partial charge in [0.2, 0.25) is 10.0 Å². The van der Waals surface area contributed by atoms with Gasteiger partial charge in [0.15, 0.2) is 15.8 Å². The van der Waals surface area contributed by atoms with E-state index in [0.717, 1.165) is 18.8 Å². The molecule has 0 amide bonds. The standard InChI is InChI=1S/C15H28N4O4S2.HI/c1-2-17-25(22,23)14-5-7-19(10-14)15(18-13-3-4-13)16-9-12-6-8-24(20,21)11-12;/h12-14,17H,2-11H2,1H3,(H,16,18);1H. The van der Waals surface area contributed by atoms with Gasteiger partial charge in [0.25, 0.3) is 0 Å². The van der Waals surface area contributed by atoms with Crippen molar-refractivity contribution in [2.45, 2.75) is 43.9 Å². The van der Waals surface area contributed by atoms with Crippen LogP contribution in [0.5, 0.6) is 0 Å². The number of sulfonamides is 1. The molecule has 2 atom stereocenters. The van der Waals surface area contributed by atoms with Crippen LogP contribution < -0.4 is 10.0 Å². The van der Waals surface area contributed by atoms with Crippen LogP contribution >= 0.6 is 24.0 Å². The first-order valence-electron chi connectivity index (χ1n) is 9.04. The lowest BCUT2D eigenvalue weighted by Gasteiger charge is -2.22. The first kappa shape index (κ1) is 22.2. The van der Waals surface area contributed by atoms with Crippen LogP contribution in [0.3, 0.4) is 0 Å². The zero-order valence-electron chi connectivity index (χ0n) is 15.1. The van der Waals surface area contributed by atoms with Crippen molar-refractivity contribution in [2.75, 3.05) is 37.7 Å². The highest BCUT2D eigenvalue weighted by atomic mass is 127. The molecule has 1 aliphatic carbocycles. The van der Waals surface area contributed by atoms with E-state index in [-0.39, 0.29) is 41.4 Å². The van der Waals surface area contributed by atoms with Crippen molar-refractivity contribution in [1.29, 1.82) is 0 Å². The Balaban J connectivity index is 0.00000243. The molecule has 2 saturated heterocycles. The van der Waals surface area contributed by atoms with Gasteiger partial charge in [-0.15, -0.1) is 24.0 Å².